The van der Waals surface area contributed by atoms with Gasteiger partial charge in [-0.3, -0.25) is 9.59 Å². The highest BCUT2D eigenvalue weighted by Gasteiger charge is 2.32. The third-order valence-corrected chi connectivity index (χ3v) is 5.94. The maximum Gasteiger partial charge on any atom is 0.328 e. The topological polar surface area (TPSA) is 120 Å². The van der Waals surface area contributed by atoms with Gasteiger partial charge in [0, 0.05) is 0 Å². The lowest BCUT2D eigenvalue weighted by Crippen LogP contribution is -2.58. The number of nitrogens with two attached hydrogens (primary N) is 1. The fourth-order valence-electron chi connectivity index (χ4n) is 3.68. The van der Waals surface area contributed by atoms with E-state index in [4.69, 9.17) is 15.2 Å². The van der Waals surface area contributed by atoms with E-state index in [0.29, 0.717) is 13.0 Å². The highest BCUT2D eigenvalue weighted by molar-refractivity contribution is 5.92. The Morgan fingerprint density at radius 1 is 0.784 bits per heavy atom. The molecule has 0 aromatic heterocycles. The molecule has 0 aliphatic heterocycles. The summed E-state index contributed by atoms with van der Waals surface area (Å²) in [4.78, 5) is 38.9. The summed E-state index contributed by atoms with van der Waals surface area (Å²) in [5, 5.41) is 5.53. The Morgan fingerprint density at radius 3 is 1.84 bits per heavy atom. The summed E-state index contributed by atoms with van der Waals surface area (Å²) in [7, 11) is 0. The van der Waals surface area contributed by atoms with Crippen LogP contribution in [0.2, 0.25) is 0 Å². The molecule has 4 atom stereocenters. The molecule has 0 radical (unpaired) electrons. The first-order valence-corrected chi connectivity index (χ1v) is 12.8. The zero-order valence-corrected chi connectivity index (χ0v) is 22.5. The number of esters is 1. The van der Waals surface area contributed by atoms with Crippen molar-refractivity contribution in [2.75, 3.05) is 0 Å². The number of nitrogens with one attached hydrogen (secondary N) is 2. The Hall–Kier alpha value is -3.23. The van der Waals surface area contributed by atoms with E-state index in [-0.39, 0.29) is 18.4 Å². The van der Waals surface area contributed by atoms with Crippen LogP contribution in [0.15, 0.2) is 60.7 Å². The van der Waals surface area contributed by atoms with Gasteiger partial charge in [-0.2, -0.15) is 0 Å². The molecule has 2 aromatic carbocycles. The molecule has 0 fully saturated rings. The minimum Gasteiger partial charge on any atom is -0.459 e. The fourth-order valence-corrected chi connectivity index (χ4v) is 3.68. The maximum absolute atomic E-state index is 13.2. The molecule has 202 valence electrons. The number of rotatable bonds is 14. The smallest absolute Gasteiger partial charge is 0.328 e. The van der Waals surface area contributed by atoms with E-state index < -0.39 is 42.0 Å². The molecular weight excluding hydrogens is 470 g/mol. The van der Waals surface area contributed by atoms with Crippen molar-refractivity contribution in [1.82, 2.24) is 10.6 Å². The van der Waals surface area contributed by atoms with Crippen LogP contribution in [0.25, 0.3) is 0 Å². The van der Waals surface area contributed by atoms with Gasteiger partial charge in [0.1, 0.15) is 24.7 Å². The van der Waals surface area contributed by atoms with Crippen LogP contribution in [0.1, 0.15) is 52.2 Å². The van der Waals surface area contributed by atoms with E-state index in [9.17, 15) is 14.4 Å². The van der Waals surface area contributed by atoms with Crippen molar-refractivity contribution in [3.63, 3.8) is 0 Å². The summed E-state index contributed by atoms with van der Waals surface area (Å²) in [6.07, 6.45) is -0.167. The van der Waals surface area contributed by atoms with E-state index in [1.807, 2.05) is 88.4 Å². The van der Waals surface area contributed by atoms with Gasteiger partial charge in [0.15, 0.2) is 0 Å². The molecule has 0 aliphatic rings. The molecular formula is C29H41N3O5. The van der Waals surface area contributed by atoms with E-state index in [1.54, 1.807) is 6.92 Å². The Balaban J connectivity index is 1.98. The Bertz CT molecular complexity index is 982. The van der Waals surface area contributed by atoms with Crippen LogP contribution in [0.3, 0.4) is 0 Å². The van der Waals surface area contributed by atoms with Crippen LogP contribution in [0, 0.1) is 11.8 Å². The molecule has 8 heteroatoms. The van der Waals surface area contributed by atoms with Crippen molar-refractivity contribution in [1.29, 1.82) is 0 Å². The van der Waals surface area contributed by atoms with Crippen LogP contribution in [0.4, 0.5) is 0 Å². The van der Waals surface area contributed by atoms with Gasteiger partial charge in [-0.05, 0) is 36.3 Å². The van der Waals surface area contributed by atoms with E-state index in [2.05, 4.69) is 10.6 Å². The SMILES string of the molecule is CC(C)C[C@H](NC(=O)[C@@H](NC(=O)[C@@H](N)[C@@H](C)OCc1ccccc1)C(C)C)C(=O)OCc1ccccc1. The molecule has 0 bridgehead atoms. The lowest BCUT2D eigenvalue weighted by Gasteiger charge is -2.27. The van der Waals surface area contributed by atoms with E-state index in [0.717, 1.165) is 11.1 Å². The Kier molecular flexibility index (Phi) is 12.3. The summed E-state index contributed by atoms with van der Waals surface area (Å²) in [5.74, 6) is -1.58. The van der Waals surface area contributed by atoms with Gasteiger partial charge in [-0.1, -0.05) is 88.4 Å². The van der Waals surface area contributed by atoms with Gasteiger partial charge in [0.05, 0.1) is 12.7 Å². The van der Waals surface area contributed by atoms with Gasteiger partial charge in [-0.15, -0.1) is 0 Å². The Morgan fingerprint density at radius 2 is 1.32 bits per heavy atom. The number of hydrogen-bond donors (Lipinski definition) is 3. The fraction of sp³-hybridized carbons (Fsp3) is 0.483. The maximum atomic E-state index is 13.2. The summed E-state index contributed by atoms with van der Waals surface area (Å²) in [5.41, 5.74) is 7.97. The number of carbonyl (C=O) groups excluding carboxylic acids is 3. The predicted molar refractivity (Wildman–Crippen MR) is 143 cm³/mol. The summed E-state index contributed by atoms with van der Waals surface area (Å²) < 4.78 is 11.2. The molecule has 8 nitrogen and oxygen atoms in total. The van der Waals surface area contributed by atoms with Crippen molar-refractivity contribution < 1.29 is 23.9 Å². The zero-order valence-electron chi connectivity index (χ0n) is 22.5. The molecule has 0 spiro atoms. The molecule has 2 rings (SSSR count). The number of amides is 2. The first-order chi connectivity index (χ1) is 17.6. The van der Waals surface area contributed by atoms with Gasteiger partial charge in [-0.25, -0.2) is 4.79 Å². The van der Waals surface area contributed by atoms with E-state index in [1.165, 1.54) is 0 Å². The lowest BCUT2D eigenvalue weighted by molar-refractivity contribution is -0.150. The van der Waals surface area contributed by atoms with Crippen LogP contribution in [0.5, 0.6) is 0 Å². The third-order valence-electron chi connectivity index (χ3n) is 5.94. The predicted octanol–water partition coefficient (Wildman–Crippen LogP) is 3.33. The second kappa shape index (κ2) is 15.1. The number of ether oxygens (including phenoxy) is 2. The second-order valence-electron chi connectivity index (χ2n) is 10.0. The number of hydrogen-bond acceptors (Lipinski definition) is 6. The van der Waals surface area contributed by atoms with Crippen LogP contribution < -0.4 is 16.4 Å². The molecule has 37 heavy (non-hydrogen) atoms. The molecule has 0 heterocycles. The summed E-state index contributed by atoms with van der Waals surface area (Å²) in [6.45, 7) is 9.71. The molecule has 0 saturated heterocycles. The monoisotopic (exact) mass is 511 g/mol. The zero-order chi connectivity index (χ0) is 27.4. The molecule has 2 amide bonds. The van der Waals surface area contributed by atoms with E-state index >= 15 is 0 Å². The first kappa shape index (κ1) is 30.0. The van der Waals surface area contributed by atoms with Gasteiger partial charge < -0.3 is 25.8 Å². The van der Waals surface area contributed by atoms with Crippen LogP contribution >= 0.6 is 0 Å². The first-order valence-electron chi connectivity index (χ1n) is 12.8. The third kappa shape index (κ3) is 10.3. The lowest BCUT2D eigenvalue weighted by atomic mass is 9.99. The Labute approximate surface area is 220 Å². The van der Waals surface area contributed by atoms with Crippen LogP contribution in [-0.2, 0) is 37.1 Å². The van der Waals surface area contributed by atoms with Crippen molar-refractivity contribution in [3.05, 3.63) is 71.8 Å². The summed E-state index contributed by atoms with van der Waals surface area (Å²) >= 11 is 0. The van der Waals surface area contributed by atoms with Crippen LogP contribution in [-0.4, -0.2) is 42.0 Å². The standard InChI is InChI=1S/C29H41N3O5/c1-19(2)16-24(29(35)37-18-23-14-10-7-11-15-23)31-28(34)26(20(3)4)32-27(33)25(30)21(5)36-17-22-12-8-6-9-13-22/h6-15,19-21,24-26H,16-18,30H2,1-5H3,(H,31,34)(H,32,33)/t21-,24+,25+,26+/m1/s1. The molecule has 0 unspecified atom stereocenters. The minimum absolute atomic E-state index is 0.115. The van der Waals surface area contributed by atoms with Crippen molar-refractivity contribution in [2.45, 2.75) is 78.5 Å². The molecule has 0 aliphatic carbocycles. The largest absolute Gasteiger partial charge is 0.459 e. The van der Waals surface area contributed by atoms with Crippen molar-refractivity contribution >= 4 is 17.8 Å². The minimum atomic E-state index is -0.972. The van der Waals surface area contributed by atoms with Crippen molar-refractivity contribution in [2.24, 2.45) is 17.6 Å². The molecule has 4 N–H and O–H groups in total. The number of carbonyl (C=O) groups is 3. The number of benzene rings is 2. The van der Waals surface area contributed by atoms with Gasteiger partial charge >= 0.3 is 5.97 Å². The highest BCUT2D eigenvalue weighted by Crippen LogP contribution is 2.12. The molecule has 0 saturated carbocycles. The summed E-state index contributed by atoms with van der Waals surface area (Å²) in [6, 6.07) is 16.2. The normalized spacial score (nSPS) is 14.5. The average Bonchev–Trinajstić information content (AvgIpc) is 2.88. The van der Waals surface area contributed by atoms with Gasteiger partial charge in [0.2, 0.25) is 11.8 Å². The average molecular weight is 512 g/mol. The highest BCUT2D eigenvalue weighted by atomic mass is 16.5. The van der Waals surface area contributed by atoms with Crippen molar-refractivity contribution in [3.8, 4) is 0 Å². The quantitative estimate of drug-likeness (QED) is 0.335. The van der Waals surface area contributed by atoms with Gasteiger partial charge in [0.25, 0.3) is 0 Å². The molecule has 2 aromatic rings. The second-order valence-corrected chi connectivity index (χ2v) is 10.0.